The third kappa shape index (κ3) is 3.52. The third-order valence-corrected chi connectivity index (χ3v) is 4.61. The van der Waals surface area contributed by atoms with Crippen molar-refractivity contribution in [2.24, 2.45) is 0 Å². The SMILES string of the molecule is CC(C)(C)OC(=O)N1CC[C@@H]1C(=O)N1CCC(c2ccncc2)C1. The zero-order valence-electron chi connectivity index (χ0n) is 14.6. The highest BCUT2D eigenvalue weighted by molar-refractivity contribution is 5.87. The minimum atomic E-state index is -0.541. The highest BCUT2D eigenvalue weighted by atomic mass is 16.6. The predicted molar refractivity (Wildman–Crippen MR) is 89.5 cm³/mol. The molecular formula is C18H25N3O3. The molecular weight excluding hydrogens is 306 g/mol. The molecule has 0 N–H and O–H groups in total. The first-order valence-corrected chi connectivity index (χ1v) is 8.53. The second-order valence-electron chi connectivity index (χ2n) is 7.53. The van der Waals surface area contributed by atoms with Gasteiger partial charge in [-0.25, -0.2) is 4.79 Å². The molecule has 0 radical (unpaired) electrons. The van der Waals surface area contributed by atoms with Gasteiger partial charge in [-0.3, -0.25) is 14.7 Å². The van der Waals surface area contributed by atoms with E-state index in [1.165, 1.54) is 5.56 Å². The van der Waals surface area contributed by atoms with E-state index in [2.05, 4.69) is 4.98 Å². The van der Waals surface area contributed by atoms with Crippen LogP contribution in [-0.2, 0) is 9.53 Å². The first-order chi connectivity index (χ1) is 11.3. The molecule has 3 rings (SSSR count). The van der Waals surface area contributed by atoms with Crippen LogP contribution in [0.25, 0.3) is 0 Å². The van der Waals surface area contributed by atoms with Gasteiger partial charge < -0.3 is 9.64 Å². The fourth-order valence-corrected chi connectivity index (χ4v) is 3.26. The van der Waals surface area contributed by atoms with Crippen LogP contribution in [0, 0.1) is 0 Å². The summed E-state index contributed by atoms with van der Waals surface area (Å²) >= 11 is 0. The van der Waals surface area contributed by atoms with Gasteiger partial charge in [0.1, 0.15) is 11.6 Å². The number of nitrogens with zero attached hydrogens (tertiary/aromatic N) is 3. The number of likely N-dealkylation sites (tertiary alicyclic amines) is 2. The van der Waals surface area contributed by atoms with Crippen molar-refractivity contribution < 1.29 is 14.3 Å². The lowest BCUT2D eigenvalue weighted by molar-refractivity contribution is -0.140. The number of hydrogen-bond acceptors (Lipinski definition) is 4. The van der Waals surface area contributed by atoms with E-state index in [0.29, 0.717) is 25.4 Å². The second-order valence-corrected chi connectivity index (χ2v) is 7.53. The Balaban J connectivity index is 1.58. The number of hydrogen-bond donors (Lipinski definition) is 0. The van der Waals surface area contributed by atoms with Crippen molar-refractivity contribution in [1.29, 1.82) is 0 Å². The van der Waals surface area contributed by atoms with Crippen molar-refractivity contribution in [1.82, 2.24) is 14.8 Å². The standard InChI is InChI=1S/C18H25N3O3/c1-18(2,3)24-17(23)21-11-7-15(21)16(22)20-10-6-14(12-20)13-4-8-19-9-5-13/h4-5,8-9,14-15H,6-7,10-12H2,1-3H3/t14?,15-/m1/s1. The Morgan fingerprint density at radius 3 is 2.46 bits per heavy atom. The first kappa shape index (κ1) is 16.7. The second kappa shape index (κ2) is 6.42. The summed E-state index contributed by atoms with van der Waals surface area (Å²) in [5.74, 6) is 0.399. The maximum Gasteiger partial charge on any atom is 0.410 e. The number of aromatic nitrogens is 1. The summed E-state index contributed by atoms with van der Waals surface area (Å²) < 4.78 is 5.38. The molecule has 6 heteroatoms. The predicted octanol–water partition coefficient (Wildman–Crippen LogP) is 2.41. The fraction of sp³-hybridized carbons (Fsp3) is 0.611. The molecule has 1 unspecified atom stereocenters. The molecule has 130 valence electrons. The lowest BCUT2D eigenvalue weighted by Crippen LogP contribution is -2.59. The topological polar surface area (TPSA) is 62.7 Å². The summed E-state index contributed by atoms with van der Waals surface area (Å²) in [6, 6.07) is 3.65. The van der Waals surface area contributed by atoms with Crippen LogP contribution in [0.4, 0.5) is 4.79 Å². The van der Waals surface area contributed by atoms with E-state index in [1.54, 1.807) is 17.3 Å². The van der Waals surface area contributed by atoms with Crippen molar-refractivity contribution in [2.75, 3.05) is 19.6 Å². The molecule has 3 heterocycles. The lowest BCUT2D eigenvalue weighted by Gasteiger charge is -2.41. The van der Waals surface area contributed by atoms with Crippen LogP contribution in [0.5, 0.6) is 0 Å². The highest BCUT2D eigenvalue weighted by Crippen LogP contribution is 2.30. The summed E-state index contributed by atoms with van der Waals surface area (Å²) in [4.78, 5) is 32.4. The number of carbonyl (C=O) groups is 2. The fourth-order valence-electron chi connectivity index (χ4n) is 3.26. The molecule has 2 aliphatic rings. The van der Waals surface area contributed by atoms with Crippen molar-refractivity contribution in [3.8, 4) is 0 Å². The van der Waals surface area contributed by atoms with Crippen LogP contribution in [0.2, 0.25) is 0 Å². The first-order valence-electron chi connectivity index (χ1n) is 8.53. The summed E-state index contributed by atoms with van der Waals surface area (Å²) in [6.07, 6.45) is 4.85. The molecule has 2 aliphatic heterocycles. The Morgan fingerprint density at radius 2 is 1.88 bits per heavy atom. The molecule has 1 aromatic rings. The Kier molecular flexibility index (Phi) is 4.47. The summed E-state index contributed by atoms with van der Waals surface area (Å²) in [7, 11) is 0. The van der Waals surface area contributed by atoms with Gasteiger partial charge in [0.15, 0.2) is 0 Å². The highest BCUT2D eigenvalue weighted by Gasteiger charge is 2.43. The smallest absolute Gasteiger partial charge is 0.410 e. The van der Waals surface area contributed by atoms with Crippen LogP contribution in [-0.4, -0.2) is 58.1 Å². The van der Waals surface area contributed by atoms with Gasteiger partial charge in [-0.05, 0) is 51.3 Å². The van der Waals surface area contributed by atoms with Gasteiger partial charge in [0, 0.05) is 37.9 Å². The number of carbonyl (C=O) groups excluding carboxylic acids is 2. The minimum absolute atomic E-state index is 0.0451. The van der Waals surface area contributed by atoms with Crippen LogP contribution in [0.1, 0.15) is 45.1 Å². The van der Waals surface area contributed by atoms with E-state index in [4.69, 9.17) is 4.74 Å². The molecule has 2 atom stereocenters. The van der Waals surface area contributed by atoms with Gasteiger partial charge in [-0.15, -0.1) is 0 Å². The molecule has 0 spiro atoms. The summed E-state index contributed by atoms with van der Waals surface area (Å²) in [5.41, 5.74) is 0.679. The molecule has 6 nitrogen and oxygen atoms in total. The molecule has 24 heavy (non-hydrogen) atoms. The molecule has 0 aromatic carbocycles. The Labute approximate surface area is 142 Å². The van der Waals surface area contributed by atoms with Gasteiger partial charge in [0.25, 0.3) is 0 Å². The van der Waals surface area contributed by atoms with Crippen molar-refractivity contribution >= 4 is 12.0 Å². The molecule has 2 amide bonds. The summed E-state index contributed by atoms with van der Waals surface area (Å²) in [6.45, 7) is 7.54. The normalized spacial score (nSPS) is 23.8. The number of rotatable bonds is 2. The van der Waals surface area contributed by atoms with Gasteiger partial charge in [-0.2, -0.15) is 0 Å². The van der Waals surface area contributed by atoms with Gasteiger partial charge in [-0.1, -0.05) is 0 Å². The van der Waals surface area contributed by atoms with Crippen molar-refractivity contribution in [3.63, 3.8) is 0 Å². The van der Waals surface area contributed by atoms with Gasteiger partial charge in [0.2, 0.25) is 5.91 Å². The molecule has 0 bridgehead atoms. The van der Waals surface area contributed by atoms with E-state index in [1.807, 2.05) is 37.8 Å². The quantitative estimate of drug-likeness (QED) is 0.835. The minimum Gasteiger partial charge on any atom is -0.444 e. The molecule has 0 aliphatic carbocycles. The molecule has 2 saturated heterocycles. The Hall–Kier alpha value is -2.11. The monoisotopic (exact) mass is 331 g/mol. The van der Waals surface area contributed by atoms with Gasteiger partial charge >= 0.3 is 6.09 Å². The van der Waals surface area contributed by atoms with E-state index >= 15 is 0 Å². The average molecular weight is 331 g/mol. The van der Waals surface area contributed by atoms with E-state index in [9.17, 15) is 9.59 Å². The van der Waals surface area contributed by atoms with E-state index in [-0.39, 0.29) is 11.9 Å². The molecule has 0 saturated carbocycles. The van der Waals surface area contributed by atoms with Crippen molar-refractivity contribution in [3.05, 3.63) is 30.1 Å². The van der Waals surface area contributed by atoms with Crippen LogP contribution < -0.4 is 0 Å². The number of amides is 2. The molecule has 1 aromatic heterocycles. The van der Waals surface area contributed by atoms with Crippen LogP contribution >= 0.6 is 0 Å². The van der Waals surface area contributed by atoms with Crippen LogP contribution in [0.3, 0.4) is 0 Å². The number of pyridine rings is 1. The Morgan fingerprint density at radius 1 is 1.17 bits per heavy atom. The van der Waals surface area contributed by atoms with E-state index in [0.717, 1.165) is 13.0 Å². The van der Waals surface area contributed by atoms with E-state index < -0.39 is 11.7 Å². The van der Waals surface area contributed by atoms with Crippen LogP contribution in [0.15, 0.2) is 24.5 Å². The maximum absolute atomic E-state index is 12.7. The summed E-state index contributed by atoms with van der Waals surface area (Å²) in [5, 5.41) is 0. The Bertz CT molecular complexity index is 612. The maximum atomic E-state index is 12.7. The van der Waals surface area contributed by atoms with Gasteiger partial charge in [0.05, 0.1) is 0 Å². The largest absolute Gasteiger partial charge is 0.444 e. The lowest BCUT2D eigenvalue weighted by atomic mass is 9.99. The number of ether oxygens (including phenoxy) is 1. The molecule has 2 fully saturated rings. The zero-order chi connectivity index (χ0) is 17.3. The average Bonchev–Trinajstić information content (AvgIpc) is 2.94. The van der Waals surface area contributed by atoms with Crippen molar-refractivity contribution in [2.45, 2.75) is 51.2 Å². The zero-order valence-corrected chi connectivity index (χ0v) is 14.6. The third-order valence-electron chi connectivity index (χ3n) is 4.61.